The zero-order valence-corrected chi connectivity index (χ0v) is 8.83. The van der Waals surface area contributed by atoms with Crippen molar-refractivity contribution in [3.63, 3.8) is 0 Å². The summed E-state index contributed by atoms with van der Waals surface area (Å²) in [5.74, 6) is -0.263. The van der Waals surface area contributed by atoms with Crippen LogP contribution in [-0.2, 0) is 16.0 Å². The van der Waals surface area contributed by atoms with Crippen LogP contribution in [0.1, 0.15) is 12.0 Å². The van der Waals surface area contributed by atoms with E-state index in [1.54, 1.807) is 0 Å². The van der Waals surface area contributed by atoms with E-state index in [1.807, 2.05) is 30.3 Å². The van der Waals surface area contributed by atoms with Crippen LogP contribution < -0.4 is 0 Å². The number of hydrogen-bond donors (Lipinski definition) is 0. The molecular formula is C11H13ClO2. The number of halogens is 1. The Morgan fingerprint density at radius 1 is 1.43 bits per heavy atom. The number of carbonyl (C=O) groups excluding carboxylic acids is 1. The van der Waals surface area contributed by atoms with Crippen molar-refractivity contribution in [2.24, 2.45) is 0 Å². The fourth-order valence-electron chi connectivity index (χ4n) is 1.21. The normalized spacial score (nSPS) is 12.1. The monoisotopic (exact) mass is 212 g/mol. The maximum atomic E-state index is 10.9. The van der Waals surface area contributed by atoms with E-state index in [9.17, 15) is 4.79 Å². The molecule has 1 aromatic carbocycles. The standard InChI is InChI=1S/C11H13ClO2/c1-14-11(13)8-10(12)7-9-5-3-2-4-6-9/h2-6,10H,7-8H2,1H3. The van der Waals surface area contributed by atoms with Gasteiger partial charge in [0.2, 0.25) is 0 Å². The van der Waals surface area contributed by atoms with Gasteiger partial charge in [0.1, 0.15) is 0 Å². The van der Waals surface area contributed by atoms with Crippen LogP contribution in [0.5, 0.6) is 0 Å². The molecule has 0 bridgehead atoms. The molecule has 0 saturated heterocycles. The van der Waals surface area contributed by atoms with Gasteiger partial charge in [-0.1, -0.05) is 30.3 Å². The van der Waals surface area contributed by atoms with Gasteiger partial charge in [-0.05, 0) is 12.0 Å². The highest BCUT2D eigenvalue weighted by atomic mass is 35.5. The molecule has 0 aliphatic rings. The molecule has 76 valence electrons. The third-order valence-corrected chi connectivity index (χ3v) is 2.22. The third kappa shape index (κ3) is 3.79. The minimum atomic E-state index is -0.263. The van der Waals surface area contributed by atoms with Crippen molar-refractivity contribution in [1.82, 2.24) is 0 Å². The number of esters is 1. The smallest absolute Gasteiger partial charge is 0.307 e. The molecule has 1 aromatic rings. The predicted molar refractivity (Wildman–Crippen MR) is 56.4 cm³/mol. The molecule has 0 aliphatic heterocycles. The molecule has 0 N–H and O–H groups in total. The van der Waals surface area contributed by atoms with Gasteiger partial charge in [-0.25, -0.2) is 0 Å². The second kappa shape index (κ2) is 5.66. The highest BCUT2D eigenvalue weighted by Crippen LogP contribution is 2.11. The lowest BCUT2D eigenvalue weighted by atomic mass is 10.1. The van der Waals surface area contributed by atoms with E-state index in [4.69, 9.17) is 11.6 Å². The lowest BCUT2D eigenvalue weighted by Crippen LogP contribution is -2.11. The molecule has 1 atom stereocenters. The van der Waals surface area contributed by atoms with Crippen molar-refractivity contribution in [1.29, 1.82) is 0 Å². The van der Waals surface area contributed by atoms with Gasteiger partial charge >= 0.3 is 5.97 Å². The molecule has 0 heterocycles. The van der Waals surface area contributed by atoms with Crippen LogP contribution in [0.25, 0.3) is 0 Å². The van der Waals surface area contributed by atoms with Crippen molar-refractivity contribution in [2.45, 2.75) is 18.2 Å². The zero-order chi connectivity index (χ0) is 10.4. The van der Waals surface area contributed by atoms with Gasteiger partial charge in [-0.3, -0.25) is 4.79 Å². The largest absolute Gasteiger partial charge is 0.469 e. The molecule has 1 unspecified atom stereocenters. The maximum absolute atomic E-state index is 10.9. The molecule has 1 rings (SSSR count). The Morgan fingerprint density at radius 3 is 2.64 bits per heavy atom. The molecule has 0 fully saturated rings. The number of ether oxygens (including phenoxy) is 1. The fourth-order valence-corrected chi connectivity index (χ4v) is 1.51. The summed E-state index contributed by atoms with van der Waals surface area (Å²) in [6.07, 6.45) is 0.949. The Bertz CT molecular complexity index is 285. The van der Waals surface area contributed by atoms with Crippen LogP contribution in [0, 0.1) is 0 Å². The van der Waals surface area contributed by atoms with Crippen LogP contribution in [-0.4, -0.2) is 18.5 Å². The van der Waals surface area contributed by atoms with E-state index in [0.717, 1.165) is 5.56 Å². The lowest BCUT2D eigenvalue weighted by molar-refractivity contribution is -0.140. The van der Waals surface area contributed by atoms with Crippen molar-refractivity contribution < 1.29 is 9.53 Å². The first kappa shape index (κ1) is 11.1. The first-order valence-electron chi connectivity index (χ1n) is 4.47. The fraction of sp³-hybridized carbons (Fsp3) is 0.364. The Morgan fingerprint density at radius 2 is 2.07 bits per heavy atom. The van der Waals surface area contributed by atoms with Gasteiger partial charge in [0.15, 0.2) is 0 Å². The first-order chi connectivity index (χ1) is 6.72. The maximum Gasteiger partial charge on any atom is 0.307 e. The second-order valence-corrected chi connectivity index (χ2v) is 3.68. The van der Waals surface area contributed by atoms with Crippen LogP contribution in [0.4, 0.5) is 0 Å². The van der Waals surface area contributed by atoms with E-state index >= 15 is 0 Å². The van der Waals surface area contributed by atoms with E-state index in [-0.39, 0.29) is 17.8 Å². The number of rotatable bonds is 4. The summed E-state index contributed by atoms with van der Waals surface area (Å²) in [5.41, 5.74) is 1.14. The number of carbonyl (C=O) groups is 1. The number of alkyl halides is 1. The quantitative estimate of drug-likeness (QED) is 0.566. The minimum absolute atomic E-state index is 0.190. The summed E-state index contributed by atoms with van der Waals surface area (Å²) in [4.78, 5) is 10.9. The molecule has 14 heavy (non-hydrogen) atoms. The van der Waals surface area contributed by atoms with Gasteiger partial charge in [0, 0.05) is 5.38 Å². The van der Waals surface area contributed by atoms with Gasteiger partial charge in [0.05, 0.1) is 13.5 Å². The molecule has 0 aliphatic carbocycles. The van der Waals surface area contributed by atoms with Gasteiger partial charge in [-0.2, -0.15) is 0 Å². The van der Waals surface area contributed by atoms with Crippen molar-refractivity contribution >= 4 is 17.6 Å². The molecule has 3 heteroatoms. The topological polar surface area (TPSA) is 26.3 Å². The van der Waals surface area contributed by atoms with Crippen LogP contribution in [0.3, 0.4) is 0 Å². The Kier molecular flexibility index (Phi) is 4.47. The number of methoxy groups -OCH3 is 1. The van der Waals surface area contributed by atoms with Crippen molar-refractivity contribution in [3.8, 4) is 0 Å². The van der Waals surface area contributed by atoms with E-state index in [2.05, 4.69) is 4.74 Å². The summed E-state index contributed by atoms with van der Waals surface area (Å²) in [6.45, 7) is 0. The van der Waals surface area contributed by atoms with Crippen molar-refractivity contribution in [3.05, 3.63) is 35.9 Å². The molecule has 0 aromatic heterocycles. The van der Waals surface area contributed by atoms with Gasteiger partial charge in [0.25, 0.3) is 0 Å². The first-order valence-corrected chi connectivity index (χ1v) is 4.91. The van der Waals surface area contributed by atoms with E-state index in [0.29, 0.717) is 6.42 Å². The minimum Gasteiger partial charge on any atom is -0.469 e. The SMILES string of the molecule is COC(=O)CC(Cl)Cc1ccccc1. The summed E-state index contributed by atoms with van der Waals surface area (Å²) in [7, 11) is 1.37. The van der Waals surface area contributed by atoms with Gasteiger partial charge < -0.3 is 4.74 Å². The molecular weight excluding hydrogens is 200 g/mol. The predicted octanol–water partition coefficient (Wildman–Crippen LogP) is 2.40. The molecule has 0 amide bonds. The summed E-state index contributed by atoms with van der Waals surface area (Å²) in [6, 6.07) is 9.85. The summed E-state index contributed by atoms with van der Waals surface area (Å²) < 4.78 is 4.54. The van der Waals surface area contributed by atoms with Gasteiger partial charge in [-0.15, -0.1) is 11.6 Å². The molecule has 0 spiro atoms. The highest BCUT2D eigenvalue weighted by Gasteiger charge is 2.11. The average molecular weight is 213 g/mol. The number of benzene rings is 1. The van der Waals surface area contributed by atoms with Crippen LogP contribution >= 0.6 is 11.6 Å². The van der Waals surface area contributed by atoms with E-state index < -0.39 is 0 Å². The Hall–Kier alpha value is -1.02. The van der Waals surface area contributed by atoms with Crippen molar-refractivity contribution in [2.75, 3.05) is 7.11 Å². The van der Waals surface area contributed by atoms with E-state index in [1.165, 1.54) is 7.11 Å². The third-order valence-electron chi connectivity index (χ3n) is 1.92. The highest BCUT2D eigenvalue weighted by molar-refractivity contribution is 6.21. The molecule has 0 radical (unpaired) electrons. The summed E-state index contributed by atoms with van der Waals surface area (Å²) in [5, 5.41) is -0.190. The zero-order valence-electron chi connectivity index (χ0n) is 8.07. The van der Waals surface area contributed by atoms with Crippen LogP contribution in [0.2, 0.25) is 0 Å². The number of hydrogen-bond acceptors (Lipinski definition) is 2. The lowest BCUT2D eigenvalue weighted by Gasteiger charge is -2.07. The van der Waals surface area contributed by atoms with Crippen LogP contribution in [0.15, 0.2) is 30.3 Å². The Labute approximate surface area is 88.8 Å². The second-order valence-electron chi connectivity index (χ2n) is 3.07. The summed E-state index contributed by atoms with van der Waals surface area (Å²) >= 11 is 5.99. The molecule has 0 saturated carbocycles. The average Bonchev–Trinajstić information content (AvgIpc) is 2.19. The molecule has 2 nitrogen and oxygen atoms in total. The Balaban J connectivity index is 2.41.